The molecule has 0 fully saturated rings. The number of hydrogen-bond acceptors (Lipinski definition) is 3. The number of amides is 1. The van der Waals surface area contributed by atoms with E-state index < -0.39 is 0 Å². The van der Waals surface area contributed by atoms with Crippen LogP contribution in [0.1, 0.15) is 31.4 Å². The first-order valence-corrected chi connectivity index (χ1v) is 6.16. The minimum Gasteiger partial charge on any atom is -0.376 e. The molecule has 0 saturated carbocycles. The van der Waals surface area contributed by atoms with Crippen molar-refractivity contribution in [1.29, 1.82) is 0 Å². The monoisotopic (exact) mass is 247 g/mol. The summed E-state index contributed by atoms with van der Waals surface area (Å²) in [6, 6.07) is 6.09. The largest absolute Gasteiger partial charge is 0.376 e. The van der Waals surface area contributed by atoms with Crippen LogP contribution in [0.3, 0.4) is 0 Å². The molecule has 0 aliphatic heterocycles. The Bertz CT molecular complexity index is 452. The van der Waals surface area contributed by atoms with Gasteiger partial charge in [0, 0.05) is 11.4 Å². The van der Waals surface area contributed by atoms with Crippen molar-refractivity contribution in [3.63, 3.8) is 0 Å². The van der Waals surface area contributed by atoms with Crippen LogP contribution >= 0.6 is 0 Å². The van der Waals surface area contributed by atoms with Gasteiger partial charge in [0.25, 0.3) is 5.91 Å². The third kappa shape index (κ3) is 4.57. The van der Waals surface area contributed by atoms with Crippen LogP contribution in [0.4, 0.5) is 5.69 Å². The molecule has 0 radical (unpaired) electrons. The van der Waals surface area contributed by atoms with Crippen LogP contribution in [0.5, 0.6) is 0 Å². The summed E-state index contributed by atoms with van der Waals surface area (Å²) in [5, 5.41) is 7.07. The Morgan fingerprint density at radius 2 is 2.06 bits per heavy atom. The van der Waals surface area contributed by atoms with Gasteiger partial charge in [0.15, 0.2) is 0 Å². The molecule has 0 aliphatic rings. The zero-order valence-electron chi connectivity index (χ0n) is 11.5. The highest BCUT2D eigenvalue weighted by atomic mass is 16.2. The Labute approximate surface area is 108 Å². The average Bonchev–Trinajstić information content (AvgIpc) is 2.34. The van der Waals surface area contributed by atoms with Gasteiger partial charge in [-0.1, -0.05) is 24.6 Å². The second-order valence-corrected chi connectivity index (χ2v) is 4.41. The summed E-state index contributed by atoms with van der Waals surface area (Å²) in [4.78, 5) is 11.5. The Balaban J connectivity index is 2.47. The molecule has 1 rings (SSSR count). The van der Waals surface area contributed by atoms with Gasteiger partial charge < -0.3 is 5.32 Å². The zero-order chi connectivity index (χ0) is 13.5. The quantitative estimate of drug-likeness (QED) is 0.620. The van der Waals surface area contributed by atoms with E-state index >= 15 is 0 Å². The normalized spacial score (nSPS) is 11.2. The van der Waals surface area contributed by atoms with Crippen molar-refractivity contribution in [1.82, 2.24) is 5.43 Å². The Kier molecular flexibility index (Phi) is 5.36. The van der Waals surface area contributed by atoms with Gasteiger partial charge in [0.1, 0.15) is 0 Å². The highest BCUT2D eigenvalue weighted by molar-refractivity contribution is 5.85. The van der Waals surface area contributed by atoms with Crippen molar-refractivity contribution < 1.29 is 4.79 Å². The van der Waals surface area contributed by atoms with E-state index in [1.165, 1.54) is 5.56 Å². The van der Waals surface area contributed by atoms with E-state index in [-0.39, 0.29) is 12.5 Å². The van der Waals surface area contributed by atoms with Gasteiger partial charge in [-0.15, -0.1) is 0 Å². The Morgan fingerprint density at radius 1 is 1.33 bits per heavy atom. The molecular weight excluding hydrogens is 226 g/mol. The first-order valence-electron chi connectivity index (χ1n) is 6.16. The van der Waals surface area contributed by atoms with Gasteiger partial charge in [-0.3, -0.25) is 4.79 Å². The van der Waals surface area contributed by atoms with Crippen molar-refractivity contribution >= 4 is 17.3 Å². The molecule has 0 spiro atoms. The molecule has 0 heterocycles. The van der Waals surface area contributed by atoms with E-state index in [1.807, 2.05) is 39.8 Å². The minimum atomic E-state index is -0.136. The SMILES string of the molecule is CC/C(C)=N\NC(=O)CNc1ccc(C)cc1C. The van der Waals surface area contributed by atoms with E-state index in [9.17, 15) is 4.79 Å². The van der Waals surface area contributed by atoms with Gasteiger partial charge in [-0.2, -0.15) is 5.10 Å². The second kappa shape index (κ2) is 6.79. The summed E-state index contributed by atoms with van der Waals surface area (Å²) in [6.07, 6.45) is 0.838. The number of anilines is 1. The lowest BCUT2D eigenvalue weighted by Gasteiger charge is -2.09. The molecule has 18 heavy (non-hydrogen) atoms. The highest BCUT2D eigenvalue weighted by Crippen LogP contribution is 2.15. The van der Waals surface area contributed by atoms with Crippen LogP contribution in [-0.4, -0.2) is 18.2 Å². The third-order valence-electron chi connectivity index (χ3n) is 2.70. The van der Waals surface area contributed by atoms with E-state index in [0.29, 0.717) is 0 Å². The van der Waals surface area contributed by atoms with Gasteiger partial charge in [-0.05, 0) is 38.8 Å². The Hall–Kier alpha value is -1.84. The first kappa shape index (κ1) is 14.2. The zero-order valence-corrected chi connectivity index (χ0v) is 11.5. The summed E-state index contributed by atoms with van der Waals surface area (Å²) >= 11 is 0. The Morgan fingerprint density at radius 3 is 2.67 bits per heavy atom. The lowest BCUT2D eigenvalue weighted by molar-refractivity contribution is -0.119. The number of benzene rings is 1. The van der Waals surface area contributed by atoms with Gasteiger partial charge >= 0.3 is 0 Å². The maximum Gasteiger partial charge on any atom is 0.259 e. The van der Waals surface area contributed by atoms with Crippen LogP contribution in [-0.2, 0) is 4.79 Å². The number of nitrogens with one attached hydrogen (secondary N) is 2. The number of carbonyl (C=O) groups excluding carboxylic acids is 1. The fourth-order valence-electron chi connectivity index (χ4n) is 1.46. The van der Waals surface area contributed by atoms with E-state index in [4.69, 9.17) is 0 Å². The van der Waals surface area contributed by atoms with E-state index in [0.717, 1.165) is 23.4 Å². The molecule has 98 valence electrons. The number of hydrogen-bond donors (Lipinski definition) is 2. The lowest BCUT2D eigenvalue weighted by Crippen LogP contribution is -2.26. The molecule has 0 aromatic heterocycles. The second-order valence-electron chi connectivity index (χ2n) is 4.41. The fraction of sp³-hybridized carbons (Fsp3) is 0.429. The first-order chi connectivity index (χ1) is 8.52. The van der Waals surface area contributed by atoms with Crippen LogP contribution < -0.4 is 10.7 Å². The molecule has 0 unspecified atom stereocenters. The van der Waals surface area contributed by atoms with Crippen molar-refractivity contribution in [2.75, 3.05) is 11.9 Å². The van der Waals surface area contributed by atoms with Crippen molar-refractivity contribution in [2.24, 2.45) is 5.10 Å². The molecular formula is C14H21N3O. The number of nitrogens with zero attached hydrogens (tertiary/aromatic N) is 1. The predicted octanol–water partition coefficient (Wildman–Crippen LogP) is 2.62. The van der Waals surface area contributed by atoms with E-state index in [1.54, 1.807) is 0 Å². The topological polar surface area (TPSA) is 53.5 Å². The lowest BCUT2D eigenvalue weighted by atomic mass is 10.1. The molecule has 1 aromatic carbocycles. The summed E-state index contributed by atoms with van der Waals surface area (Å²) in [5.41, 5.74) is 6.76. The number of aryl methyl sites for hydroxylation is 2. The molecule has 1 aromatic rings. The van der Waals surface area contributed by atoms with Crippen molar-refractivity contribution in [3.05, 3.63) is 29.3 Å². The summed E-state index contributed by atoms with van der Waals surface area (Å²) in [5.74, 6) is -0.136. The maximum absolute atomic E-state index is 11.5. The molecule has 0 saturated heterocycles. The molecule has 0 atom stereocenters. The average molecular weight is 247 g/mol. The van der Waals surface area contributed by atoms with Crippen LogP contribution in [0.25, 0.3) is 0 Å². The summed E-state index contributed by atoms with van der Waals surface area (Å²) < 4.78 is 0. The van der Waals surface area contributed by atoms with E-state index in [2.05, 4.69) is 21.9 Å². The molecule has 0 bridgehead atoms. The van der Waals surface area contributed by atoms with Gasteiger partial charge in [-0.25, -0.2) is 5.43 Å². The number of carbonyl (C=O) groups is 1. The highest BCUT2D eigenvalue weighted by Gasteiger charge is 2.02. The maximum atomic E-state index is 11.5. The van der Waals surface area contributed by atoms with Crippen molar-refractivity contribution in [2.45, 2.75) is 34.1 Å². The molecule has 1 amide bonds. The van der Waals surface area contributed by atoms with Gasteiger partial charge in [0.2, 0.25) is 0 Å². The summed E-state index contributed by atoms with van der Waals surface area (Å²) in [6.45, 7) is 8.18. The third-order valence-corrected chi connectivity index (χ3v) is 2.70. The fourth-order valence-corrected chi connectivity index (χ4v) is 1.46. The number of hydrazone groups is 1. The smallest absolute Gasteiger partial charge is 0.259 e. The molecule has 2 N–H and O–H groups in total. The molecule has 0 aliphatic carbocycles. The van der Waals surface area contributed by atoms with Gasteiger partial charge in [0.05, 0.1) is 6.54 Å². The molecule has 4 heteroatoms. The van der Waals surface area contributed by atoms with Crippen LogP contribution in [0.2, 0.25) is 0 Å². The minimum absolute atomic E-state index is 0.136. The van der Waals surface area contributed by atoms with Crippen LogP contribution in [0, 0.1) is 13.8 Å². The van der Waals surface area contributed by atoms with Crippen LogP contribution in [0.15, 0.2) is 23.3 Å². The standard InChI is InChI=1S/C14H21N3O/c1-5-12(4)16-17-14(18)9-15-13-7-6-10(2)8-11(13)3/h6-8,15H,5,9H2,1-4H3,(H,17,18)/b16-12-. The predicted molar refractivity (Wildman–Crippen MR) is 75.9 cm³/mol. The van der Waals surface area contributed by atoms with Crippen molar-refractivity contribution in [3.8, 4) is 0 Å². The summed E-state index contributed by atoms with van der Waals surface area (Å²) in [7, 11) is 0. The molecule has 4 nitrogen and oxygen atoms in total. The number of rotatable bonds is 5.